The zero-order valence-electron chi connectivity index (χ0n) is 22.4. The third-order valence-corrected chi connectivity index (χ3v) is 6.30. The molecular formula is C26H29F2N3O10. The van der Waals surface area contributed by atoms with E-state index in [2.05, 4.69) is 5.32 Å². The first-order chi connectivity index (χ1) is 19.7. The van der Waals surface area contributed by atoms with Crippen molar-refractivity contribution >= 4 is 18.0 Å². The number of carbonyl (C=O) groups excluding carboxylic acids is 3. The number of benzene rings is 1. The van der Waals surface area contributed by atoms with Crippen LogP contribution >= 0.6 is 0 Å². The standard InChI is InChI=1S/C26H29F2N3O10/c1-15-13-39-20-12-30-11-18(24(33)29-10-16-3-4-17(27)9-19(16)28)22(32)23(21(30)25(34)31(15)20)40-14-41-26(35)38-8-7-37-6-5-36-2/h3-4,9,11,15,20H,5-8,10,12-14H2,1-2H3,(H,29,33). The van der Waals surface area contributed by atoms with Gasteiger partial charge in [-0.1, -0.05) is 6.07 Å². The predicted molar refractivity (Wildman–Crippen MR) is 134 cm³/mol. The highest BCUT2D eigenvalue weighted by molar-refractivity contribution is 5.99. The first-order valence-electron chi connectivity index (χ1n) is 12.6. The number of carbonyl (C=O) groups is 3. The fraction of sp³-hybridized carbons (Fsp3) is 0.462. The molecule has 13 nitrogen and oxygen atoms in total. The van der Waals surface area contributed by atoms with Crippen molar-refractivity contribution in [2.75, 3.05) is 46.9 Å². The molecule has 2 aliphatic rings. The van der Waals surface area contributed by atoms with Crippen molar-refractivity contribution in [2.45, 2.75) is 32.3 Å². The quantitative estimate of drug-likeness (QED) is 0.222. The van der Waals surface area contributed by atoms with E-state index in [1.54, 1.807) is 6.92 Å². The topological polar surface area (TPSA) is 144 Å². The van der Waals surface area contributed by atoms with E-state index in [1.807, 2.05) is 0 Å². The van der Waals surface area contributed by atoms with Crippen molar-refractivity contribution in [1.82, 2.24) is 14.8 Å². The summed E-state index contributed by atoms with van der Waals surface area (Å²) in [7, 11) is 1.52. The van der Waals surface area contributed by atoms with Crippen LogP contribution in [0, 0.1) is 11.6 Å². The maximum Gasteiger partial charge on any atom is 0.511 e. The number of fused-ring (bicyclic) bond motifs is 2. The second-order valence-electron chi connectivity index (χ2n) is 9.08. The van der Waals surface area contributed by atoms with Crippen LogP contribution < -0.4 is 15.5 Å². The molecule has 1 fully saturated rings. The summed E-state index contributed by atoms with van der Waals surface area (Å²) >= 11 is 0. The Morgan fingerprint density at radius 1 is 1.12 bits per heavy atom. The van der Waals surface area contributed by atoms with E-state index in [4.69, 9.17) is 28.4 Å². The van der Waals surface area contributed by atoms with Gasteiger partial charge in [0.15, 0.2) is 11.9 Å². The van der Waals surface area contributed by atoms with Crippen LogP contribution in [0.5, 0.6) is 5.75 Å². The molecule has 2 unspecified atom stereocenters. The molecule has 41 heavy (non-hydrogen) atoms. The van der Waals surface area contributed by atoms with Crippen molar-refractivity contribution < 1.29 is 51.6 Å². The minimum atomic E-state index is -1.11. The minimum absolute atomic E-state index is 0.00976. The molecule has 0 aliphatic carbocycles. The number of halogens is 2. The zero-order chi connectivity index (χ0) is 29.5. The SMILES string of the molecule is COCCOCCOC(=O)OCOc1c2n(cc(C(=O)NCc3ccc(F)cc3F)c1=O)CC1OCC(C)N1C2=O. The van der Waals surface area contributed by atoms with Crippen LogP contribution in [0.25, 0.3) is 0 Å². The van der Waals surface area contributed by atoms with Gasteiger partial charge < -0.3 is 43.2 Å². The number of hydrogen-bond acceptors (Lipinski definition) is 10. The van der Waals surface area contributed by atoms with E-state index < -0.39 is 59.4 Å². The number of amides is 2. The highest BCUT2D eigenvalue weighted by Crippen LogP contribution is 2.30. The molecule has 0 bridgehead atoms. The number of aromatic nitrogens is 1. The Labute approximate surface area is 232 Å². The number of rotatable bonds is 12. The molecule has 222 valence electrons. The van der Waals surface area contributed by atoms with E-state index in [0.717, 1.165) is 12.1 Å². The molecule has 2 aliphatic heterocycles. The predicted octanol–water partition coefficient (Wildman–Crippen LogP) is 1.41. The van der Waals surface area contributed by atoms with E-state index in [-0.39, 0.29) is 50.2 Å². The summed E-state index contributed by atoms with van der Waals surface area (Å²) < 4.78 is 59.4. The Morgan fingerprint density at radius 3 is 2.66 bits per heavy atom. The molecule has 1 saturated heterocycles. The second-order valence-corrected chi connectivity index (χ2v) is 9.08. The lowest BCUT2D eigenvalue weighted by molar-refractivity contribution is -0.0140. The summed E-state index contributed by atoms with van der Waals surface area (Å²) in [5, 5.41) is 2.41. The Kier molecular flexibility index (Phi) is 9.86. The zero-order valence-corrected chi connectivity index (χ0v) is 22.4. The maximum atomic E-state index is 14.0. The summed E-state index contributed by atoms with van der Waals surface area (Å²) in [6, 6.07) is 2.58. The molecule has 2 amide bonds. The third-order valence-electron chi connectivity index (χ3n) is 6.30. The fourth-order valence-electron chi connectivity index (χ4n) is 4.30. The van der Waals surface area contributed by atoms with E-state index >= 15 is 0 Å². The maximum absolute atomic E-state index is 14.0. The normalized spacial score (nSPS) is 17.6. The molecule has 2 aromatic rings. The molecule has 15 heteroatoms. The molecule has 1 aromatic carbocycles. The van der Waals surface area contributed by atoms with E-state index in [1.165, 1.54) is 22.8 Å². The molecule has 0 radical (unpaired) electrons. The lowest BCUT2D eigenvalue weighted by Gasteiger charge is -2.34. The van der Waals surface area contributed by atoms with Crippen molar-refractivity contribution in [3.05, 3.63) is 63.1 Å². The largest absolute Gasteiger partial charge is 0.511 e. The number of ether oxygens (including phenoxy) is 6. The van der Waals surface area contributed by atoms with E-state index in [0.29, 0.717) is 19.3 Å². The first-order valence-corrected chi connectivity index (χ1v) is 12.6. The lowest BCUT2D eigenvalue weighted by Crippen LogP contribution is -2.49. The van der Waals surface area contributed by atoms with Crippen LogP contribution in [-0.4, -0.2) is 86.6 Å². The monoisotopic (exact) mass is 581 g/mol. The van der Waals surface area contributed by atoms with Crippen molar-refractivity contribution in [2.24, 2.45) is 0 Å². The average Bonchev–Trinajstić information content (AvgIpc) is 3.31. The molecule has 0 spiro atoms. The number of pyridine rings is 1. The smallest absolute Gasteiger partial charge is 0.451 e. The van der Waals surface area contributed by atoms with Crippen LogP contribution in [0.3, 0.4) is 0 Å². The van der Waals surface area contributed by atoms with Crippen LogP contribution in [0.2, 0.25) is 0 Å². The Balaban J connectivity index is 1.50. The summed E-state index contributed by atoms with van der Waals surface area (Å²) in [6.45, 7) is 1.65. The summed E-state index contributed by atoms with van der Waals surface area (Å²) in [6.07, 6.45) is -0.569. The van der Waals surface area contributed by atoms with Gasteiger partial charge in [-0.2, -0.15) is 0 Å². The number of hydrogen-bond donors (Lipinski definition) is 1. The molecular weight excluding hydrogens is 552 g/mol. The van der Waals surface area contributed by atoms with Crippen molar-refractivity contribution in [3.63, 3.8) is 0 Å². The first kappa shape index (κ1) is 29.9. The van der Waals surface area contributed by atoms with Gasteiger partial charge in [0.1, 0.15) is 23.8 Å². The minimum Gasteiger partial charge on any atom is -0.451 e. The summed E-state index contributed by atoms with van der Waals surface area (Å²) in [4.78, 5) is 53.1. The summed E-state index contributed by atoms with van der Waals surface area (Å²) in [5.41, 5.74) is -1.55. The van der Waals surface area contributed by atoms with Crippen molar-refractivity contribution in [1.29, 1.82) is 0 Å². The highest BCUT2D eigenvalue weighted by Gasteiger charge is 2.43. The van der Waals surface area contributed by atoms with Crippen LogP contribution in [-0.2, 0) is 36.8 Å². The second kappa shape index (κ2) is 13.5. The van der Waals surface area contributed by atoms with Gasteiger partial charge in [0.2, 0.25) is 18.0 Å². The highest BCUT2D eigenvalue weighted by atomic mass is 19.1. The van der Waals surface area contributed by atoms with Gasteiger partial charge in [0, 0.05) is 31.5 Å². The number of nitrogens with zero attached hydrogens (tertiary/aromatic N) is 2. The van der Waals surface area contributed by atoms with Crippen LogP contribution in [0.15, 0.2) is 29.2 Å². The van der Waals surface area contributed by atoms with Crippen LogP contribution in [0.1, 0.15) is 33.3 Å². The van der Waals surface area contributed by atoms with Gasteiger partial charge in [-0.3, -0.25) is 14.4 Å². The van der Waals surface area contributed by atoms with E-state index in [9.17, 15) is 28.0 Å². The summed E-state index contributed by atoms with van der Waals surface area (Å²) in [5.74, 6) is -3.65. The lowest BCUT2D eigenvalue weighted by atomic mass is 10.1. The number of methoxy groups -OCH3 is 1. The van der Waals surface area contributed by atoms with Gasteiger partial charge in [0.05, 0.1) is 39.0 Å². The Hall–Kier alpha value is -4.08. The van der Waals surface area contributed by atoms with Gasteiger partial charge in [-0.25, -0.2) is 13.6 Å². The molecule has 2 atom stereocenters. The Bertz CT molecular complexity index is 1350. The molecule has 3 heterocycles. The van der Waals surface area contributed by atoms with Gasteiger partial charge >= 0.3 is 6.16 Å². The average molecular weight is 582 g/mol. The molecule has 4 rings (SSSR count). The number of nitrogens with one attached hydrogen (secondary N) is 1. The van der Waals surface area contributed by atoms with Crippen LogP contribution in [0.4, 0.5) is 13.6 Å². The van der Waals surface area contributed by atoms with Gasteiger partial charge in [-0.15, -0.1) is 0 Å². The van der Waals surface area contributed by atoms with Gasteiger partial charge in [-0.05, 0) is 13.0 Å². The third kappa shape index (κ3) is 6.99. The molecule has 0 saturated carbocycles. The fourth-order valence-corrected chi connectivity index (χ4v) is 4.30. The van der Waals surface area contributed by atoms with Crippen molar-refractivity contribution in [3.8, 4) is 5.75 Å². The molecule has 1 aromatic heterocycles. The molecule has 1 N–H and O–H groups in total. The van der Waals surface area contributed by atoms with Gasteiger partial charge in [0.25, 0.3) is 11.8 Å². The Morgan fingerprint density at radius 2 is 1.90 bits per heavy atom.